The average Bonchev–Trinajstić information content (AvgIpc) is 4.06. The maximum Gasteiger partial charge on any atom is 0.226 e. The van der Waals surface area contributed by atoms with E-state index in [0.717, 1.165) is 86.5 Å². The fraction of sp³-hybridized carbons (Fsp3) is 0.551. The largest absolute Gasteiger partial charge is 0.488 e. The molecule has 8 heteroatoms. The highest BCUT2D eigenvalue weighted by atomic mass is 16.5. The standard InChI is InChI=1S/C49H62N4O4/c1-9-28(4)30(6)48(54)52-24-32(11-3)16-45(52)43-20-36(23-50-43)34-12-14-38-37(18-34)27-57-47-22-39-35(19-41(38)47)13-15-42-40(39)21-44(51-42)46-17-33(26-56-8)25-53(46)49(55)31(7)29(5)10-2/h12-15,18-19,22-23,28-33,45-46H,9-11,16-17,20-21,24-27H2,1-8H3/t28-,29-,30-,31-,32-,33-,45-,46-/m0/s1. The van der Waals surface area contributed by atoms with Crippen molar-refractivity contribution in [2.24, 2.45) is 45.5 Å². The molecule has 0 bridgehead atoms. The third kappa shape index (κ3) is 7.25. The summed E-state index contributed by atoms with van der Waals surface area (Å²) in [5, 5.41) is 2.35. The molecule has 0 N–H and O–H groups in total. The van der Waals surface area contributed by atoms with Crippen LogP contribution < -0.4 is 4.74 Å². The molecule has 3 aromatic rings. The first kappa shape index (κ1) is 39.5. The van der Waals surface area contributed by atoms with E-state index in [4.69, 9.17) is 19.5 Å². The van der Waals surface area contributed by atoms with Gasteiger partial charge < -0.3 is 19.3 Å². The molecule has 3 aromatic carbocycles. The van der Waals surface area contributed by atoms with Crippen LogP contribution in [0, 0.1) is 35.5 Å². The Balaban J connectivity index is 0.997. The molecule has 5 heterocycles. The number of amides is 2. The van der Waals surface area contributed by atoms with E-state index in [9.17, 15) is 9.59 Å². The van der Waals surface area contributed by atoms with Gasteiger partial charge in [0.05, 0.1) is 24.4 Å². The number of fused-ring (bicyclic) bond motifs is 6. The normalized spacial score (nSPS) is 24.6. The summed E-state index contributed by atoms with van der Waals surface area (Å²) in [6.07, 6.45) is 8.50. The highest BCUT2D eigenvalue weighted by molar-refractivity contribution is 6.07. The van der Waals surface area contributed by atoms with Gasteiger partial charge in [0.15, 0.2) is 0 Å². The summed E-state index contributed by atoms with van der Waals surface area (Å²) in [5.41, 5.74) is 10.3. The van der Waals surface area contributed by atoms with E-state index in [2.05, 4.69) is 101 Å². The van der Waals surface area contributed by atoms with Crippen LogP contribution in [0.25, 0.3) is 27.5 Å². The number of aliphatic imine (C=N–C) groups is 2. The molecule has 5 aliphatic heterocycles. The molecule has 8 rings (SSSR count). The maximum atomic E-state index is 13.9. The number of nitrogens with zero attached hydrogens (tertiary/aromatic N) is 4. The van der Waals surface area contributed by atoms with Crippen LogP contribution in [0.5, 0.6) is 5.75 Å². The van der Waals surface area contributed by atoms with Crippen LogP contribution in [0.2, 0.25) is 0 Å². The van der Waals surface area contributed by atoms with Gasteiger partial charge in [0.1, 0.15) is 12.4 Å². The molecule has 0 saturated carbocycles. The highest BCUT2D eigenvalue weighted by Crippen LogP contribution is 2.45. The van der Waals surface area contributed by atoms with Crippen molar-refractivity contribution in [3.05, 3.63) is 65.4 Å². The molecule has 0 radical (unpaired) electrons. The Morgan fingerprint density at radius 2 is 1.51 bits per heavy atom. The van der Waals surface area contributed by atoms with Gasteiger partial charge in [0.2, 0.25) is 11.8 Å². The Kier molecular flexibility index (Phi) is 11.2. The van der Waals surface area contributed by atoms with E-state index < -0.39 is 0 Å². The van der Waals surface area contributed by atoms with Crippen molar-refractivity contribution in [1.29, 1.82) is 0 Å². The van der Waals surface area contributed by atoms with Gasteiger partial charge in [0, 0.05) is 74.0 Å². The number of methoxy groups -OCH3 is 1. The summed E-state index contributed by atoms with van der Waals surface area (Å²) < 4.78 is 12.1. The van der Waals surface area contributed by atoms with E-state index in [1.165, 1.54) is 38.6 Å². The SMILES string of the molecule is CC[C@H]1C[C@@H](C2=NC=C(c3ccc4c(c3)COc3cc5c6c(ccc5cc3-4)N=C([C@@H]3C[C@H](COC)CN3C(=O)[C@@H](C)[C@@H](C)CC)C6)C2)N(C(=O)[C@@H](C)[C@@H](C)CC)C1. The molecule has 2 saturated heterocycles. The molecular formula is C49H62N4O4. The Labute approximate surface area is 339 Å². The van der Waals surface area contributed by atoms with Crippen molar-refractivity contribution < 1.29 is 19.1 Å². The van der Waals surface area contributed by atoms with Crippen LogP contribution in [0.3, 0.4) is 0 Å². The second-order valence-electron chi connectivity index (χ2n) is 18.0. The van der Waals surface area contributed by atoms with Crippen LogP contribution in [-0.2, 0) is 27.4 Å². The molecule has 0 aliphatic carbocycles. The number of carbonyl (C=O) groups is 2. The molecule has 2 amide bonds. The van der Waals surface area contributed by atoms with Crippen LogP contribution in [0.1, 0.15) is 104 Å². The van der Waals surface area contributed by atoms with Gasteiger partial charge in [-0.2, -0.15) is 0 Å². The van der Waals surface area contributed by atoms with E-state index in [1.807, 2.05) is 6.20 Å². The van der Waals surface area contributed by atoms with Gasteiger partial charge in [-0.15, -0.1) is 0 Å². The van der Waals surface area contributed by atoms with Crippen LogP contribution in [0.4, 0.5) is 5.69 Å². The van der Waals surface area contributed by atoms with Gasteiger partial charge in [-0.05, 0) is 93.5 Å². The third-order valence-corrected chi connectivity index (χ3v) is 14.6. The lowest BCUT2D eigenvalue weighted by molar-refractivity contribution is -0.137. The minimum Gasteiger partial charge on any atom is -0.488 e. The van der Waals surface area contributed by atoms with Crippen molar-refractivity contribution >= 4 is 45.3 Å². The Morgan fingerprint density at radius 3 is 2.19 bits per heavy atom. The maximum absolute atomic E-state index is 13.9. The molecule has 8 nitrogen and oxygen atoms in total. The van der Waals surface area contributed by atoms with Crippen molar-refractivity contribution in [1.82, 2.24) is 9.80 Å². The Morgan fingerprint density at radius 1 is 0.825 bits per heavy atom. The van der Waals surface area contributed by atoms with E-state index in [-0.39, 0.29) is 35.7 Å². The zero-order valence-corrected chi connectivity index (χ0v) is 35.4. The fourth-order valence-electron chi connectivity index (χ4n) is 10.1. The molecule has 0 aromatic heterocycles. The topological polar surface area (TPSA) is 83.8 Å². The van der Waals surface area contributed by atoms with Crippen molar-refractivity contribution in [3.8, 4) is 16.9 Å². The molecule has 5 aliphatic rings. The van der Waals surface area contributed by atoms with Crippen LogP contribution in [-0.4, -0.2) is 71.9 Å². The molecule has 2 fully saturated rings. The molecule has 0 unspecified atom stereocenters. The molecule has 302 valence electrons. The van der Waals surface area contributed by atoms with Crippen molar-refractivity contribution in [3.63, 3.8) is 0 Å². The summed E-state index contributed by atoms with van der Waals surface area (Å²) in [4.78, 5) is 42.0. The predicted molar refractivity (Wildman–Crippen MR) is 231 cm³/mol. The van der Waals surface area contributed by atoms with Crippen LogP contribution >= 0.6 is 0 Å². The van der Waals surface area contributed by atoms with Crippen molar-refractivity contribution in [2.45, 2.75) is 112 Å². The molecule has 57 heavy (non-hydrogen) atoms. The average molecular weight is 771 g/mol. The lowest BCUT2D eigenvalue weighted by atomic mass is 9.89. The van der Waals surface area contributed by atoms with Gasteiger partial charge in [-0.3, -0.25) is 19.6 Å². The first-order valence-corrected chi connectivity index (χ1v) is 21.8. The number of hydrogen-bond acceptors (Lipinski definition) is 6. The van der Waals surface area contributed by atoms with Gasteiger partial charge in [0.25, 0.3) is 0 Å². The second kappa shape index (κ2) is 16.2. The smallest absolute Gasteiger partial charge is 0.226 e. The number of allylic oxidation sites excluding steroid dienone is 1. The summed E-state index contributed by atoms with van der Waals surface area (Å²) in [5.74, 6) is 2.95. The lowest BCUT2D eigenvalue weighted by Crippen LogP contribution is -2.44. The number of carbonyl (C=O) groups excluding carboxylic acids is 2. The lowest BCUT2D eigenvalue weighted by Gasteiger charge is -2.30. The molecular weight excluding hydrogens is 709 g/mol. The summed E-state index contributed by atoms with van der Waals surface area (Å²) >= 11 is 0. The van der Waals surface area contributed by atoms with E-state index in [1.54, 1.807) is 7.11 Å². The molecule has 0 spiro atoms. The Bertz CT molecular complexity index is 2150. The Hall–Kier alpha value is -4.30. The van der Waals surface area contributed by atoms with E-state index >= 15 is 0 Å². The number of ether oxygens (including phenoxy) is 2. The first-order chi connectivity index (χ1) is 27.5. The van der Waals surface area contributed by atoms with E-state index in [0.29, 0.717) is 36.9 Å². The zero-order valence-electron chi connectivity index (χ0n) is 35.4. The molecule has 8 atom stereocenters. The predicted octanol–water partition coefficient (Wildman–Crippen LogP) is 10.1. The minimum absolute atomic E-state index is 0.0100. The summed E-state index contributed by atoms with van der Waals surface area (Å²) in [7, 11) is 1.75. The number of benzene rings is 3. The summed E-state index contributed by atoms with van der Waals surface area (Å²) in [6, 6.07) is 15.7. The number of rotatable bonds is 12. The number of hydrogen-bond donors (Lipinski definition) is 0. The van der Waals surface area contributed by atoms with Gasteiger partial charge in [-0.1, -0.05) is 85.9 Å². The highest BCUT2D eigenvalue weighted by Gasteiger charge is 2.42. The third-order valence-electron chi connectivity index (χ3n) is 14.6. The zero-order chi connectivity index (χ0) is 40.1. The minimum atomic E-state index is -0.0240. The fourth-order valence-corrected chi connectivity index (χ4v) is 10.1. The summed E-state index contributed by atoms with van der Waals surface area (Å²) in [6.45, 7) is 17.8. The van der Waals surface area contributed by atoms with Gasteiger partial charge in [-0.25, -0.2) is 0 Å². The van der Waals surface area contributed by atoms with Gasteiger partial charge >= 0.3 is 0 Å². The first-order valence-electron chi connectivity index (χ1n) is 21.8. The van der Waals surface area contributed by atoms with Crippen LogP contribution in [0.15, 0.2) is 58.6 Å². The quantitative estimate of drug-likeness (QED) is 0.184. The van der Waals surface area contributed by atoms with Crippen molar-refractivity contribution in [2.75, 3.05) is 26.8 Å². The second-order valence-corrected chi connectivity index (χ2v) is 18.0. The number of likely N-dealkylation sites (tertiary alicyclic amines) is 2. The monoisotopic (exact) mass is 770 g/mol.